The van der Waals surface area contributed by atoms with Crippen LogP contribution in [-0.4, -0.2) is 7.11 Å². The second-order valence-electron chi connectivity index (χ2n) is 8.98. The fourth-order valence-corrected chi connectivity index (χ4v) is 5.14. The maximum Gasteiger partial charge on any atom is 0.119 e. The second kappa shape index (κ2) is 8.77. The lowest BCUT2D eigenvalue weighted by atomic mass is 9.99. The van der Waals surface area contributed by atoms with Gasteiger partial charge in [0.1, 0.15) is 5.75 Å². The molecule has 0 fully saturated rings. The minimum atomic E-state index is 0.875. The van der Waals surface area contributed by atoms with Crippen molar-refractivity contribution in [3.05, 3.63) is 137 Å². The van der Waals surface area contributed by atoms with Crippen molar-refractivity contribution in [3.8, 4) is 28.0 Å². The van der Waals surface area contributed by atoms with Crippen molar-refractivity contribution >= 4 is 23.3 Å². The van der Waals surface area contributed by atoms with Gasteiger partial charge in [-0.05, 0) is 86.4 Å². The quantitative estimate of drug-likeness (QED) is 0.265. The van der Waals surface area contributed by atoms with Crippen LogP contribution < -0.4 is 4.74 Å². The van der Waals surface area contributed by atoms with E-state index in [-0.39, 0.29) is 0 Å². The van der Waals surface area contributed by atoms with Gasteiger partial charge in [0.15, 0.2) is 0 Å². The summed E-state index contributed by atoms with van der Waals surface area (Å²) in [6.07, 6.45) is 6.84. The Kier molecular flexibility index (Phi) is 5.31. The first kappa shape index (κ1) is 21.2. The van der Waals surface area contributed by atoms with Gasteiger partial charge in [-0.25, -0.2) is 0 Å². The minimum Gasteiger partial charge on any atom is -0.497 e. The van der Waals surface area contributed by atoms with Gasteiger partial charge in [-0.1, -0.05) is 103 Å². The summed E-state index contributed by atoms with van der Waals surface area (Å²) in [5.41, 5.74) is 13.8. The van der Waals surface area contributed by atoms with Gasteiger partial charge < -0.3 is 4.74 Å². The second-order valence-corrected chi connectivity index (χ2v) is 8.98. The van der Waals surface area contributed by atoms with Crippen LogP contribution in [0.2, 0.25) is 0 Å². The molecule has 5 aliphatic rings. The predicted molar refractivity (Wildman–Crippen MR) is 149 cm³/mol. The highest BCUT2D eigenvalue weighted by atomic mass is 16.5. The number of rotatable bonds is 4. The number of benzene rings is 1. The third-order valence-electron chi connectivity index (χ3n) is 7.00. The van der Waals surface area contributed by atoms with Crippen LogP contribution in [0.3, 0.4) is 0 Å². The van der Waals surface area contributed by atoms with Gasteiger partial charge in [0.2, 0.25) is 0 Å². The number of hydrogen-bond donors (Lipinski definition) is 0. The highest BCUT2D eigenvalue weighted by Gasteiger charge is 2.23. The lowest BCUT2D eigenvalue weighted by molar-refractivity contribution is 0.414. The fraction of sp³-hybridized carbons (Fsp3) is 0.0588. The molecule has 0 amide bonds. The molecular formula is C34H26O. The zero-order valence-corrected chi connectivity index (χ0v) is 20.0. The SMILES string of the molecule is COc1ccc2c(c1)C(/C=C/c1ccc3cccccc1-3)=C(C)C/2=C/c1ccc2cccccc1-2. The highest BCUT2D eigenvalue weighted by Crippen LogP contribution is 2.45. The first-order chi connectivity index (χ1) is 17.2. The Labute approximate surface area is 207 Å². The van der Waals surface area contributed by atoms with Crippen LogP contribution in [0.1, 0.15) is 29.2 Å². The van der Waals surface area contributed by atoms with E-state index in [1.54, 1.807) is 7.11 Å². The van der Waals surface area contributed by atoms with Crippen LogP contribution in [0.15, 0.2) is 115 Å². The van der Waals surface area contributed by atoms with Gasteiger partial charge in [-0.2, -0.15) is 0 Å². The minimum absolute atomic E-state index is 0.875. The molecule has 0 saturated carbocycles. The lowest BCUT2D eigenvalue weighted by Crippen LogP contribution is -1.88. The highest BCUT2D eigenvalue weighted by molar-refractivity contribution is 6.09. The summed E-state index contributed by atoms with van der Waals surface area (Å²) < 4.78 is 5.58. The Morgan fingerprint density at radius 1 is 0.571 bits per heavy atom. The molecule has 0 radical (unpaired) electrons. The van der Waals surface area contributed by atoms with E-state index in [0.717, 1.165) is 5.75 Å². The Morgan fingerprint density at radius 3 is 1.94 bits per heavy atom. The molecule has 6 rings (SSSR count). The summed E-state index contributed by atoms with van der Waals surface area (Å²) in [7, 11) is 1.73. The van der Waals surface area contributed by atoms with Crippen LogP contribution in [0, 0.1) is 0 Å². The number of hydrogen-bond acceptors (Lipinski definition) is 1. The first-order valence-electron chi connectivity index (χ1n) is 12.0. The van der Waals surface area contributed by atoms with Gasteiger partial charge in [0.05, 0.1) is 7.11 Å². The van der Waals surface area contributed by atoms with E-state index < -0.39 is 0 Å². The van der Waals surface area contributed by atoms with Crippen molar-refractivity contribution in [2.45, 2.75) is 6.92 Å². The molecule has 1 aromatic carbocycles. The summed E-state index contributed by atoms with van der Waals surface area (Å²) >= 11 is 0. The molecule has 0 unspecified atom stereocenters. The number of ether oxygens (including phenoxy) is 1. The van der Waals surface area contributed by atoms with E-state index in [1.807, 2.05) is 0 Å². The van der Waals surface area contributed by atoms with E-state index in [9.17, 15) is 0 Å². The predicted octanol–water partition coefficient (Wildman–Crippen LogP) is 8.95. The third kappa shape index (κ3) is 3.76. The molecule has 1 nitrogen and oxygen atoms in total. The van der Waals surface area contributed by atoms with Crippen LogP contribution >= 0.6 is 0 Å². The molecule has 0 aromatic heterocycles. The van der Waals surface area contributed by atoms with Gasteiger partial charge in [0, 0.05) is 0 Å². The number of methoxy groups -OCH3 is 1. The van der Waals surface area contributed by atoms with E-state index in [1.165, 1.54) is 61.2 Å². The molecule has 5 aliphatic carbocycles. The van der Waals surface area contributed by atoms with E-state index in [0.29, 0.717) is 0 Å². The summed E-state index contributed by atoms with van der Waals surface area (Å²) in [5, 5.41) is 0. The van der Waals surface area contributed by atoms with Crippen molar-refractivity contribution in [3.63, 3.8) is 0 Å². The zero-order valence-electron chi connectivity index (χ0n) is 20.0. The number of fused-ring (bicyclic) bond motifs is 3. The van der Waals surface area contributed by atoms with E-state index in [4.69, 9.17) is 4.74 Å². The van der Waals surface area contributed by atoms with Crippen LogP contribution in [0.4, 0.5) is 0 Å². The van der Waals surface area contributed by atoms with Gasteiger partial charge in [-0.3, -0.25) is 0 Å². The van der Waals surface area contributed by atoms with Gasteiger partial charge >= 0.3 is 0 Å². The first-order valence-corrected chi connectivity index (χ1v) is 12.0. The molecule has 1 heteroatoms. The van der Waals surface area contributed by atoms with Crippen molar-refractivity contribution in [2.24, 2.45) is 0 Å². The lowest BCUT2D eigenvalue weighted by Gasteiger charge is -2.07. The van der Waals surface area contributed by atoms with Crippen molar-refractivity contribution in [1.82, 2.24) is 0 Å². The van der Waals surface area contributed by atoms with E-state index in [2.05, 4.69) is 128 Å². The monoisotopic (exact) mass is 450 g/mol. The molecule has 0 saturated heterocycles. The molecule has 0 aliphatic heterocycles. The smallest absolute Gasteiger partial charge is 0.119 e. The average Bonchev–Trinajstić information content (AvgIpc) is 3.36. The molecule has 0 N–H and O–H groups in total. The normalized spacial score (nSPS) is 14.4. The summed E-state index contributed by atoms with van der Waals surface area (Å²) in [6.45, 7) is 2.23. The van der Waals surface area contributed by atoms with Gasteiger partial charge in [-0.15, -0.1) is 0 Å². The Morgan fingerprint density at radius 2 is 1.23 bits per heavy atom. The summed E-state index contributed by atoms with van der Waals surface area (Å²) in [5.74, 6) is 0.875. The van der Waals surface area contributed by atoms with E-state index >= 15 is 0 Å². The largest absolute Gasteiger partial charge is 0.497 e. The maximum absolute atomic E-state index is 5.58. The zero-order chi connectivity index (χ0) is 23.8. The number of allylic oxidation sites excluding steroid dienone is 4. The molecule has 1 aromatic rings. The molecule has 0 bridgehead atoms. The molecule has 168 valence electrons. The summed E-state index contributed by atoms with van der Waals surface area (Å²) in [4.78, 5) is 0. The Bertz CT molecular complexity index is 1580. The van der Waals surface area contributed by atoms with Crippen molar-refractivity contribution in [1.29, 1.82) is 0 Å². The van der Waals surface area contributed by atoms with Crippen molar-refractivity contribution < 1.29 is 4.74 Å². The fourth-order valence-electron chi connectivity index (χ4n) is 5.14. The van der Waals surface area contributed by atoms with Gasteiger partial charge in [0.25, 0.3) is 0 Å². The molecule has 0 spiro atoms. The Hall–Kier alpha value is -4.36. The maximum atomic E-state index is 5.58. The molecule has 0 atom stereocenters. The molecule has 0 heterocycles. The third-order valence-corrected chi connectivity index (χ3v) is 7.00. The average molecular weight is 451 g/mol. The van der Waals surface area contributed by atoms with Crippen LogP contribution in [0.25, 0.3) is 45.6 Å². The standard InChI is InChI=1S/C34H26O/c1-23-29(19-17-26-14-13-24-9-5-3-7-11-30(24)26)34-22-28(35-2)18-20-32(34)33(23)21-27-16-15-25-10-6-4-8-12-31(25)27/h3-22H,1-2H3/b19-17+,33-21-. The molecule has 35 heavy (non-hydrogen) atoms. The van der Waals surface area contributed by atoms with Crippen molar-refractivity contribution in [2.75, 3.05) is 7.11 Å². The topological polar surface area (TPSA) is 9.23 Å². The Balaban J connectivity index is 1.47. The molecular weight excluding hydrogens is 424 g/mol. The van der Waals surface area contributed by atoms with Crippen LogP contribution in [0.5, 0.6) is 5.75 Å². The van der Waals surface area contributed by atoms with Crippen LogP contribution in [-0.2, 0) is 0 Å². The summed E-state index contributed by atoms with van der Waals surface area (Å²) in [6, 6.07) is 36.5.